The Bertz CT molecular complexity index is 387. The third-order valence-electron chi connectivity index (χ3n) is 3.54. The number of quaternary nitrogens is 1. The molecule has 2 unspecified atom stereocenters. The molecule has 116 valence electrons. The topological polar surface area (TPSA) is 115 Å². The molecule has 2 atom stereocenters. The van der Waals surface area contributed by atoms with Crippen LogP contribution in [0.3, 0.4) is 0 Å². The van der Waals surface area contributed by atoms with E-state index in [4.69, 9.17) is 5.11 Å². The summed E-state index contributed by atoms with van der Waals surface area (Å²) in [5, 5.41) is 29.8. The van der Waals surface area contributed by atoms with Gasteiger partial charge in [-0.05, 0) is 13.3 Å². The number of rotatable bonds is 9. The van der Waals surface area contributed by atoms with E-state index >= 15 is 0 Å². The molecule has 0 aliphatic carbocycles. The Labute approximate surface area is 118 Å². The molecule has 0 amide bonds. The molecule has 0 aliphatic rings. The normalized spacial score (nSPS) is 16.2. The van der Waals surface area contributed by atoms with Crippen LogP contribution in [0.1, 0.15) is 32.6 Å². The van der Waals surface area contributed by atoms with Crippen LogP contribution in [0.5, 0.6) is 0 Å². The zero-order chi connectivity index (χ0) is 16.1. The summed E-state index contributed by atoms with van der Waals surface area (Å²) in [6, 6.07) is -0.669. The molecule has 0 fully saturated rings. The first-order valence-corrected chi connectivity index (χ1v) is 6.39. The molecule has 7 nitrogen and oxygen atoms in total. The number of carboxylic acids is 2. The van der Waals surface area contributed by atoms with Crippen molar-refractivity contribution in [2.24, 2.45) is 0 Å². The number of likely N-dealkylation sites (N-methyl/N-ethyl adjacent to an activating group) is 1. The molecule has 0 radical (unpaired) electrons. The zero-order valence-corrected chi connectivity index (χ0v) is 12.4. The summed E-state index contributed by atoms with van der Waals surface area (Å²) >= 11 is 0. The molecule has 0 heterocycles. The maximum absolute atomic E-state index is 12.1. The summed E-state index contributed by atoms with van der Waals surface area (Å²) < 4.78 is 0.189. The van der Waals surface area contributed by atoms with Crippen LogP contribution >= 0.6 is 0 Å². The highest BCUT2D eigenvalue weighted by atomic mass is 16.4. The maximum atomic E-state index is 12.1. The highest BCUT2D eigenvalue weighted by Gasteiger charge is 2.47. The predicted molar refractivity (Wildman–Crippen MR) is 68.6 cm³/mol. The summed E-state index contributed by atoms with van der Waals surface area (Å²) in [6.45, 7) is 1.58. The van der Waals surface area contributed by atoms with E-state index in [1.54, 1.807) is 28.1 Å². The number of carbonyl (C=O) groups excluding carboxylic acids is 2. The van der Waals surface area contributed by atoms with E-state index in [-0.39, 0.29) is 23.7 Å². The van der Waals surface area contributed by atoms with Gasteiger partial charge in [0.25, 0.3) is 0 Å². The Hall–Kier alpha value is -1.47. The Kier molecular flexibility index (Phi) is 6.31. The van der Waals surface area contributed by atoms with Crippen LogP contribution in [0.25, 0.3) is 0 Å². The van der Waals surface area contributed by atoms with Gasteiger partial charge in [-0.1, -0.05) is 0 Å². The van der Waals surface area contributed by atoms with Gasteiger partial charge in [0, 0.05) is 25.2 Å². The summed E-state index contributed by atoms with van der Waals surface area (Å²) in [6.07, 6.45) is -1.12. The van der Waals surface area contributed by atoms with Crippen molar-refractivity contribution in [3.63, 3.8) is 0 Å². The van der Waals surface area contributed by atoms with E-state index in [0.29, 0.717) is 0 Å². The lowest BCUT2D eigenvalue weighted by atomic mass is 9.83. The van der Waals surface area contributed by atoms with Gasteiger partial charge in [-0.25, -0.2) is 0 Å². The number of aliphatic hydroxyl groups is 1. The first kappa shape index (κ1) is 18.5. The van der Waals surface area contributed by atoms with Crippen molar-refractivity contribution in [2.75, 3.05) is 21.1 Å². The third kappa shape index (κ3) is 5.26. The monoisotopic (exact) mass is 289 g/mol. The lowest BCUT2D eigenvalue weighted by molar-refractivity contribution is -0.900. The molecule has 0 bridgehead atoms. The van der Waals surface area contributed by atoms with E-state index in [9.17, 15) is 24.6 Å². The number of hydrogen-bond donors (Lipinski definition) is 2. The van der Waals surface area contributed by atoms with E-state index in [2.05, 4.69) is 0 Å². The first-order chi connectivity index (χ1) is 8.91. The molecule has 0 rings (SSSR count). The van der Waals surface area contributed by atoms with Crippen molar-refractivity contribution in [3.05, 3.63) is 0 Å². The van der Waals surface area contributed by atoms with Gasteiger partial charge in [-0.3, -0.25) is 9.59 Å². The predicted octanol–water partition coefficient (Wildman–Crippen LogP) is -1.22. The molecule has 0 aromatic heterocycles. The van der Waals surface area contributed by atoms with Gasteiger partial charge in [0.2, 0.25) is 0 Å². The van der Waals surface area contributed by atoms with Crippen molar-refractivity contribution in [3.8, 4) is 0 Å². The summed E-state index contributed by atoms with van der Waals surface area (Å²) in [4.78, 5) is 33.4. The SMILES string of the molecule is CC(C(O)(CC(=O)[O-])C(=O)CCCC(=O)O)[N+](C)(C)C. The van der Waals surface area contributed by atoms with Crippen molar-refractivity contribution in [2.45, 2.75) is 44.2 Å². The largest absolute Gasteiger partial charge is 0.550 e. The Morgan fingerprint density at radius 3 is 2.05 bits per heavy atom. The fourth-order valence-corrected chi connectivity index (χ4v) is 1.96. The van der Waals surface area contributed by atoms with Gasteiger partial charge in [0.05, 0.1) is 21.1 Å². The standard InChI is InChI=1S/C13H23NO6/c1-9(14(2,3)4)13(20,8-12(18)19)10(15)6-5-7-11(16)17/h9,20H,5-8H2,1-4H3,(H-,16,17,18,19). The van der Waals surface area contributed by atoms with Gasteiger partial charge in [0.1, 0.15) is 6.04 Å². The Morgan fingerprint density at radius 1 is 1.20 bits per heavy atom. The minimum Gasteiger partial charge on any atom is -0.550 e. The Morgan fingerprint density at radius 2 is 1.70 bits per heavy atom. The molecule has 2 N–H and O–H groups in total. The number of aliphatic carboxylic acids is 2. The molecule has 7 heteroatoms. The van der Waals surface area contributed by atoms with Crippen LogP contribution in [-0.4, -0.2) is 65.2 Å². The average Bonchev–Trinajstić information content (AvgIpc) is 2.24. The number of ketones is 1. The summed E-state index contributed by atoms with van der Waals surface area (Å²) in [5.74, 6) is -3.22. The first-order valence-electron chi connectivity index (χ1n) is 6.39. The molecule has 0 saturated heterocycles. The minimum absolute atomic E-state index is 0.0629. The van der Waals surface area contributed by atoms with Gasteiger partial charge in [-0.2, -0.15) is 0 Å². The Balaban J connectivity index is 5.08. The second kappa shape index (κ2) is 6.81. The number of carboxylic acid groups (broad SMARTS) is 2. The lowest BCUT2D eigenvalue weighted by Crippen LogP contribution is -2.62. The molecule has 0 spiro atoms. The smallest absolute Gasteiger partial charge is 0.303 e. The van der Waals surface area contributed by atoms with E-state index < -0.39 is 35.8 Å². The van der Waals surface area contributed by atoms with Crippen molar-refractivity contribution in [1.82, 2.24) is 0 Å². The van der Waals surface area contributed by atoms with E-state index in [0.717, 1.165) is 0 Å². The van der Waals surface area contributed by atoms with Gasteiger partial charge >= 0.3 is 5.97 Å². The minimum atomic E-state index is -2.06. The van der Waals surface area contributed by atoms with Crippen LogP contribution in [0.15, 0.2) is 0 Å². The third-order valence-corrected chi connectivity index (χ3v) is 3.54. The molecule has 0 aromatic carbocycles. The van der Waals surface area contributed by atoms with Crippen molar-refractivity contribution >= 4 is 17.7 Å². The molecule has 0 aliphatic heterocycles. The van der Waals surface area contributed by atoms with E-state index in [1.165, 1.54) is 0 Å². The molecular weight excluding hydrogens is 266 g/mol. The lowest BCUT2D eigenvalue weighted by Gasteiger charge is -2.41. The maximum Gasteiger partial charge on any atom is 0.303 e. The quantitative estimate of drug-likeness (QED) is 0.514. The van der Waals surface area contributed by atoms with Crippen LogP contribution in [0.4, 0.5) is 0 Å². The molecule has 20 heavy (non-hydrogen) atoms. The highest BCUT2D eigenvalue weighted by molar-refractivity contribution is 5.91. The van der Waals surface area contributed by atoms with Gasteiger partial charge in [0.15, 0.2) is 11.4 Å². The highest BCUT2D eigenvalue weighted by Crippen LogP contribution is 2.25. The van der Waals surface area contributed by atoms with Gasteiger partial charge in [-0.15, -0.1) is 0 Å². The van der Waals surface area contributed by atoms with Gasteiger partial charge < -0.3 is 24.6 Å². The summed E-state index contributed by atoms with van der Waals surface area (Å²) in [7, 11) is 5.19. The molecule has 0 saturated carbocycles. The van der Waals surface area contributed by atoms with Crippen LogP contribution in [-0.2, 0) is 14.4 Å². The van der Waals surface area contributed by atoms with Crippen molar-refractivity contribution in [1.29, 1.82) is 0 Å². The average molecular weight is 289 g/mol. The number of hydrogen-bond acceptors (Lipinski definition) is 5. The van der Waals surface area contributed by atoms with Crippen LogP contribution < -0.4 is 5.11 Å². The van der Waals surface area contributed by atoms with E-state index in [1.807, 2.05) is 0 Å². The fraction of sp³-hybridized carbons (Fsp3) is 0.769. The number of carbonyl (C=O) groups is 3. The number of nitrogens with zero attached hydrogens (tertiary/aromatic N) is 1. The zero-order valence-electron chi connectivity index (χ0n) is 12.4. The summed E-state index contributed by atoms with van der Waals surface area (Å²) in [5.41, 5.74) is -2.06. The van der Waals surface area contributed by atoms with Crippen LogP contribution in [0.2, 0.25) is 0 Å². The van der Waals surface area contributed by atoms with Crippen LogP contribution in [0, 0.1) is 0 Å². The molecule has 0 aromatic rings. The number of Topliss-reactive ketones (excluding diaryl/α,β-unsaturated/α-hetero) is 1. The second-order valence-corrected chi connectivity index (χ2v) is 5.94. The molecular formula is C13H23NO6. The fourth-order valence-electron chi connectivity index (χ4n) is 1.96. The van der Waals surface area contributed by atoms with Crippen molar-refractivity contribution < 1.29 is 34.2 Å². The second-order valence-electron chi connectivity index (χ2n) is 5.94.